The maximum atomic E-state index is 9.67. The molecule has 4 heteroatoms. The van der Waals surface area contributed by atoms with Gasteiger partial charge >= 0.3 is 0 Å². The van der Waals surface area contributed by atoms with E-state index in [4.69, 9.17) is 4.74 Å². The van der Waals surface area contributed by atoms with Crippen LogP contribution in [0.2, 0.25) is 0 Å². The van der Waals surface area contributed by atoms with E-state index in [0.717, 1.165) is 52.2 Å². The third-order valence-electron chi connectivity index (χ3n) is 3.73. The summed E-state index contributed by atoms with van der Waals surface area (Å²) in [6.45, 7) is 6.18. The van der Waals surface area contributed by atoms with Crippen molar-refractivity contribution in [2.24, 2.45) is 0 Å². The zero-order valence-electron chi connectivity index (χ0n) is 9.37. The van der Waals surface area contributed by atoms with Crippen molar-refractivity contribution in [2.75, 3.05) is 46.0 Å². The number of nitrogens with zero attached hydrogens (tertiary/aromatic N) is 1. The highest BCUT2D eigenvalue weighted by Crippen LogP contribution is 2.27. The molecule has 2 aliphatic heterocycles. The minimum absolute atomic E-state index is 0.00424. The van der Waals surface area contributed by atoms with Gasteiger partial charge < -0.3 is 15.2 Å². The van der Waals surface area contributed by atoms with Crippen LogP contribution in [0.3, 0.4) is 0 Å². The lowest BCUT2D eigenvalue weighted by Gasteiger charge is -2.44. The summed E-state index contributed by atoms with van der Waals surface area (Å²) in [5.41, 5.74) is 0.00424. The summed E-state index contributed by atoms with van der Waals surface area (Å²) in [6, 6.07) is 0. The Hall–Kier alpha value is -0.160. The van der Waals surface area contributed by atoms with Crippen molar-refractivity contribution >= 4 is 0 Å². The van der Waals surface area contributed by atoms with Gasteiger partial charge in [-0.15, -0.1) is 0 Å². The van der Waals surface area contributed by atoms with Gasteiger partial charge in [0.25, 0.3) is 0 Å². The highest BCUT2D eigenvalue weighted by Gasteiger charge is 2.37. The molecule has 2 rings (SSSR count). The van der Waals surface area contributed by atoms with Crippen molar-refractivity contribution in [1.82, 2.24) is 10.2 Å². The molecule has 2 aliphatic rings. The van der Waals surface area contributed by atoms with Gasteiger partial charge in [-0.05, 0) is 25.8 Å². The molecule has 2 fully saturated rings. The minimum atomic E-state index is 0.00424. The van der Waals surface area contributed by atoms with Crippen LogP contribution in [-0.4, -0.2) is 61.5 Å². The van der Waals surface area contributed by atoms with Crippen LogP contribution in [0, 0.1) is 0 Å². The van der Waals surface area contributed by atoms with Crippen molar-refractivity contribution in [3.8, 4) is 0 Å². The van der Waals surface area contributed by atoms with Gasteiger partial charge in [-0.25, -0.2) is 0 Å². The zero-order valence-corrected chi connectivity index (χ0v) is 9.37. The average molecular weight is 214 g/mol. The van der Waals surface area contributed by atoms with E-state index in [0.29, 0.717) is 0 Å². The maximum Gasteiger partial charge on any atom is 0.0617 e. The molecule has 4 nitrogen and oxygen atoms in total. The molecule has 0 atom stereocenters. The summed E-state index contributed by atoms with van der Waals surface area (Å²) >= 11 is 0. The van der Waals surface area contributed by atoms with Crippen LogP contribution in [0.4, 0.5) is 0 Å². The SMILES string of the molecule is OCC1(N2CCCNCC2)CCOCC1. The molecule has 0 aromatic rings. The molecular weight excluding hydrogens is 192 g/mol. The summed E-state index contributed by atoms with van der Waals surface area (Å²) < 4.78 is 5.40. The van der Waals surface area contributed by atoms with Crippen LogP contribution < -0.4 is 5.32 Å². The van der Waals surface area contributed by atoms with Crippen LogP contribution in [0.25, 0.3) is 0 Å². The fraction of sp³-hybridized carbons (Fsp3) is 1.00. The predicted octanol–water partition coefficient (Wildman–Crippen LogP) is -0.177. The first-order valence-electron chi connectivity index (χ1n) is 6.02. The standard InChI is InChI=1S/C11H22N2O2/c14-10-11(2-8-15-9-3-11)13-6-1-4-12-5-7-13/h12,14H,1-10H2. The number of aliphatic hydroxyl groups is 1. The minimum Gasteiger partial charge on any atom is -0.394 e. The molecule has 0 unspecified atom stereocenters. The molecule has 0 aliphatic carbocycles. The molecule has 0 spiro atoms. The van der Waals surface area contributed by atoms with Crippen LogP contribution >= 0.6 is 0 Å². The number of rotatable bonds is 2. The first-order valence-corrected chi connectivity index (χ1v) is 6.02. The van der Waals surface area contributed by atoms with Gasteiger partial charge in [0.1, 0.15) is 0 Å². The topological polar surface area (TPSA) is 44.7 Å². The first kappa shape index (κ1) is 11.3. The average Bonchev–Trinajstić information content (AvgIpc) is 2.59. The Morgan fingerprint density at radius 3 is 2.73 bits per heavy atom. The lowest BCUT2D eigenvalue weighted by molar-refractivity contribution is -0.0542. The van der Waals surface area contributed by atoms with E-state index in [1.807, 2.05) is 0 Å². The molecule has 15 heavy (non-hydrogen) atoms. The van der Waals surface area contributed by atoms with Gasteiger partial charge in [-0.3, -0.25) is 4.90 Å². The molecule has 0 radical (unpaired) electrons. The Morgan fingerprint density at radius 2 is 2.00 bits per heavy atom. The Morgan fingerprint density at radius 1 is 1.20 bits per heavy atom. The summed E-state index contributed by atoms with van der Waals surface area (Å²) in [4.78, 5) is 2.47. The van der Waals surface area contributed by atoms with Gasteiger partial charge in [0, 0.05) is 38.4 Å². The van der Waals surface area contributed by atoms with E-state index in [9.17, 15) is 5.11 Å². The molecule has 0 saturated carbocycles. The van der Waals surface area contributed by atoms with Gasteiger partial charge in [0.15, 0.2) is 0 Å². The van der Waals surface area contributed by atoms with Gasteiger partial charge in [-0.2, -0.15) is 0 Å². The van der Waals surface area contributed by atoms with E-state index >= 15 is 0 Å². The lowest BCUT2D eigenvalue weighted by Crippen LogP contribution is -2.55. The number of ether oxygens (including phenoxy) is 1. The molecule has 0 bridgehead atoms. The van der Waals surface area contributed by atoms with E-state index in [-0.39, 0.29) is 12.1 Å². The third-order valence-corrected chi connectivity index (χ3v) is 3.73. The Kier molecular flexibility index (Phi) is 3.97. The second-order valence-electron chi connectivity index (χ2n) is 4.59. The molecule has 2 N–H and O–H groups in total. The Labute approximate surface area is 91.6 Å². The van der Waals surface area contributed by atoms with Crippen molar-refractivity contribution in [1.29, 1.82) is 0 Å². The van der Waals surface area contributed by atoms with Crippen molar-refractivity contribution < 1.29 is 9.84 Å². The zero-order chi connectivity index (χ0) is 10.6. The number of aliphatic hydroxyl groups excluding tert-OH is 1. The molecule has 2 saturated heterocycles. The van der Waals surface area contributed by atoms with Crippen molar-refractivity contribution in [2.45, 2.75) is 24.8 Å². The fourth-order valence-electron chi connectivity index (χ4n) is 2.65. The predicted molar refractivity (Wildman–Crippen MR) is 58.9 cm³/mol. The Bertz CT molecular complexity index is 185. The fourth-order valence-corrected chi connectivity index (χ4v) is 2.65. The maximum absolute atomic E-state index is 9.67. The smallest absolute Gasteiger partial charge is 0.0617 e. The summed E-state index contributed by atoms with van der Waals surface area (Å²) in [5, 5.41) is 13.1. The third kappa shape index (κ3) is 2.50. The number of nitrogens with one attached hydrogen (secondary N) is 1. The molecule has 0 amide bonds. The molecule has 2 heterocycles. The van der Waals surface area contributed by atoms with Crippen LogP contribution in [0.1, 0.15) is 19.3 Å². The van der Waals surface area contributed by atoms with Crippen molar-refractivity contribution in [3.63, 3.8) is 0 Å². The van der Waals surface area contributed by atoms with Gasteiger partial charge in [0.2, 0.25) is 0 Å². The highest BCUT2D eigenvalue weighted by atomic mass is 16.5. The van der Waals surface area contributed by atoms with E-state index in [1.54, 1.807) is 0 Å². The second kappa shape index (κ2) is 5.25. The number of hydrogen-bond acceptors (Lipinski definition) is 4. The summed E-state index contributed by atoms with van der Waals surface area (Å²) in [7, 11) is 0. The quantitative estimate of drug-likeness (QED) is 0.669. The summed E-state index contributed by atoms with van der Waals surface area (Å²) in [6.07, 6.45) is 3.13. The van der Waals surface area contributed by atoms with Crippen LogP contribution in [0.5, 0.6) is 0 Å². The highest BCUT2D eigenvalue weighted by molar-refractivity contribution is 4.93. The number of hydrogen-bond donors (Lipinski definition) is 2. The first-order chi connectivity index (χ1) is 7.37. The van der Waals surface area contributed by atoms with E-state index < -0.39 is 0 Å². The van der Waals surface area contributed by atoms with Crippen LogP contribution in [-0.2, 0) is 4.74 Å². The normalized spacial score (nSPS) is 28.6. The molecule has 0 aromatic carbocycles. The molecular formula is C11H22N2O2. The monoisotopic (exact) mass is 214 g/mol. The largest absolute Gasteiger partial charge is 0.394 e. The van der Waals surface area contributed by atoms with E-state index in [2.05, 4.69) is 10.2 Å². The van der Waals surface area contributed by atoms with E-state index in [1.165, 1.54) is 6.42 Å². The molecule has 88 valence electrons. The lowest BCUT2D eigenvalue weighted by atomic mass is 9.88. The summed E-state index contributed by atoms with van der Waals surface area (Å²) in [5.74, 6) is 0. The van der Waals surface area contributed by atoms with Gasteiger partial charge in [-0.1, -0.05) is 0 Å². The van der Waals surface area contributed by atoms with Crippen molar-refractivity contribution in [3.05, 3.63) is 0 Å². The van der Waals surface area contributed by atoms with Crippen LogP contribution in [0.15, 0.2) is 0 Å². The molecule has 0 aromatic heterocycles. The van der Waals surface area contributed by atoms with Gasteiger partial charge in [0.05, 0.1) is 6.61 Å². The Balaban J connectivity index is 2.01. The second-order valence-corrected chi connectivity index (χ2v) is 4.59.